The Bertz CT molecular complexity index is 503. The highest BCUT2D eigenvalue weighted by atomic mass is 16.8. The highest BCUT2D eigenvalue weighted by molar-refractivity contribution is 5.17. The van der Waals surface area contributed by atoms with Gasteiger partial charge in [-0.25, -0.2) is 0 Å². The van der Waals surface area contributed by atoms with Crippen LogP contribution in [-0.2, 0) is 18.9 Å². The number of aliphatic hydroxyl groups is 2. The van der Waals surface area contributed by atoms with Crippen molar-refractivity contribution in [1.29, 1.82) is 0 Å². The Labute approximate surface area is 142 Å². The molecule has 3 rings (SSSR count). The first-order chi connectivity index (χ1) is 11.7. The van der Waals surface area contributed by atoms with Gasteiger partial charge in [0.2, 0.25) is 0 Å². The lowest BCUT2D eigenvalue weighted by molar-refractivity contribution is -0.232. The Balaban J connectivity index is 1.70. The highest BCUT2D eigenvalue weighted by Crippen LogP contribution is 2.44. The third-order valence-corrected chi connectivity index (χ3v) is 4.63. The number of ether oxygens (including phenoxy) is 4. The monoisotopic (exact) mass is 338 g/mol. The van der Waals surface area contributed by atoms with E-state index >= 15 is 0 Å². The second-order valence-electron chi connectivity index (χ2n) is 6.35. The lowest BCUT2D eigenvalue weighted by Gasteiger charge is -2.32. The van der Waals surface area contributed by atoms with E-state index in [1.807, 2.05) is 30.3 Å². The van der Waals surface area contributed by atoms with Crippen LogP contribution in [0.5, 0.6) is 0 Å². The topological polar surface area (TPSA) is 77.4 Å². The van der Waals surface area contributed by atoms with Crippen molar-refractivity contribution in [2.24, 2.45) is 0 Å². The minimum absolute atomic E-state index is 0.350. The van der Waals surface area contributed by atoms with Gasteiger partial charge in [0, 0.05) is 12.2 Å². The van der Waals surface area contributed by atoms with Crippen molar-refractivity contribution in [3.8, 4) is 0 Å². The van der Waals surface area contributed by atoms with E-state index in [1.54, 1.807) is 0 Å². The molecule has 1 aromatic rings. The normalized spacial score (nSPS) is 31.3. The number of hydrogen-bond donors (Lipinski definition) is 2. The Morgan fingerprint density at radius 3 is 2.50 bits per heavy atom. The SMILES string of the molecule is CCCCCO[C@H]1[C@H]2OC(c3ccccc3)O[C@H]2OC1(CO)CO. The van der Waals surface area contributed by atoms with Gasteiger partial charge in [0.25, 0.3) is 0 Å². The summed E-state index contributed by atoms with van der Waals surface area (Å²) in [6.07, 6.45) is 0.845. The maximum Gasteiger partial charge on any atom is 0.190 e. The summed E-state index contributed by atoms with van der Waals surface area (Å²) in [4.78, 5) is 0. The first-order valence-electron chi connectivity index (χ1n) is 8.61. The predicted octanol–water partition coefficient (Wildman–Crippen LogP) is 1.76. The fourth-order valence-corrected chi connectivity index (χ4v) is 3.23. The molecular weight excluding hydrogens is 312 g/mol. The summed E-state index contributed by atoms with van der Waals surface area (Å²) >= 11 is 0. The molecular formula is C18H26O6. The predicted molar refractivity (Wildman–Crippen MR) is 86.2 cm³/mol. The van der Waals surface area contributed by atoms with Crippen molar-refractivity contribution < 1.29 is 29.2 Å². The van der Waals surface area contributed by atoms with E-state index in [1.165, 1.54) is 0 Å². The van der Waals surface area contributed by atoms with Gasteiger partial charge in [-0.05, 0) is 6.42 Å². The highest BCUT2D eigenvalue weighted by Gasteiger charge is 2.60. The summed E-state index contributed by atoms with van der Waals surface area (Å²) in [7, 11) is 0. The van der Waals surface area contributed by atoms with Gasteiger partial charge in [0.1, 0.15) is 17.8 Å². The second-order valence-corrected chi connectivity index (χ2v) is 6.35. The molecule has 6 nitrogen and oxygen atoms in total. The molecule has 1 aromatic carbocycles. The Morgan fingerprint density at radius 1 is 1.08 bits per heavy atom. The van der Waals surface area contributed by atoms with E-state index in [0.717, 1.165) is 24.8 Å². The molecule has 0 spiro atoms. The smallest absolute Gasteiger partial charge is 0.190 e. The zero-order valence-electron chi connectivity index (χ0n) is 14.0. The average molecular weight is 338 g/mol. The van der Waals surface area contributed by atoms with Crippen LogP contribution in [0.4, 0.5) is 0 Å². The van der Waals surface area contributed by atoms with Gasteiger partial charge in [-0.15, -0.1) is 0 Å². The van der Waals surface area contributed by atoms with E-state index in [4.69, 9.17) is 18.9 Å². The summed E-state index contributed by atoms with van der Waals surface area (Å²) in [5.74, 6) is 0. The summed E-state index contributed by atoms with van der Waals surface area (Å²) in [6.45, 7) is 1.96. The van der Waals surface area contributed by atoms with E-state index in [2.05, 4.69) is 6.92 Å². The molecule has 2 heterocycles. The minimum atomic E-state index is -1.19. The van der Waals surface area contributed by atoms with Crippen molar-refractivity contribution in [1.82, 2.24) is 0 Å². The van der Waals surface area contributed by atoms with Crippen LogP contribution in [0.2, 0.25) is 0 Å². The van der Waals surface area contributed by atoms with E-state index in [-0.39, 0.29) is 13.2 Å². The number of rotatable bonds is 8. The molecule has 0 aliphatic carbocycles. The molecule has 2 aliphatic heterocycles. The van der Waals surface area contributed by atoms with Crippen molar-refractivity contribution in [3.63, 3.8) is 0 Å². The molecule has 2 saturated heterocycles. The maximum absolute atomic E-state index is 9.75. The van der Waals surface area contributed by atoms with Crippen molar-refractivity contribution in [2.45, 2.75) is 56.6 Å². The van der Waals surface area contributed by atoms with Gasteiger partial charge in [0.15, 0.2) is 12.6 Å². The van der Waals surface area contributed by atoms with Crippen molar-refractivity contribution >= 4 is 0 Å². The molecule has 0 saturated carbocycles. The van der Waals surface area contributed by atoms with Crippen molar-refractivity contribution in [3.05, 3.63) is 35.9 Å². The first kappa shape index (κ1) is 17.8. The van der Waals surface area contributed by atoms with Crippen LogP contribution < -0.4 is 0 Å². The molecule has 1 unspecified atom stereocenters. The lowest BCUT2D eigenvalue weighted by atomic mass is 9.97. The Kier molecular flexibility index (Phi) is 5.86. The van der Waals surface area contributed by atoms with Crippen LogP contribution in [-0.4, -0.2) is 54.1 Å². The van der Waals surface area contributed by atoms with E-state index < -0.39 is 30.4 Å². The van der Waals surface area contributed by atoms with E-state index in [9.17, 15) is 10.2 Å². The zero-order valence-corrected chi connectivity index (χ0v) is 14.0. The molecule has 2 fully saturated rings. The van der Waals surface area contributed by atoms with Gasteiger partial charge >= 0.3 is 0 Å². The summed E-state index contributed by atoms with van der Waals surface area (Å²) < 4.78 is 23.6. The quantitative estimate of drug-likeness (QED) is 0.703. The number of hydrogen-bond acceptors (Lipinski definition) is 6. The van der Waals surface area contributed by atoms with Crippen LogP contribution in [0.1, 0.15) is 38.0 Å². The van der Waals surface area contributed by atoms with Gasteiger partial charge in [-0.2, -0.15) is 0 Å². The molecule has 0 bridgehead atoms. The number of fused-ring (bicyclic) bond motifs is 1. The van der Waals surface area contributed by atoms with Crippen LogP contribution in [0.15, 0.2) is 30.3 Å². The molecule has 0 amide bonds. The molecule has 2 aliphatic rings. The molecule has 24 heavy (non-hydrogen) atoms. The summed E-state index contributed by atoms with van der Waals surface area (Å²) in [5.41, 5.74) is -0.290. The van der Waals surface area contributed by atoms with Gasteiger partial charge in [0.05, 0.1) is 13.2 Å². The van der Waals surface area contributed by atoms with E-state index in [0.29, 0.717) is 6.61 Å². The molecule has 2 N–H and O–H groups in total. The van der Waals surface area contributed by atoms with Gasteiger partial charge < -0.3 is 29.2 Å². The summed E-state index contributed by atoms with van der Waals surface area (Å²) in [6, 6.07) is 9.61. The molecule has 134 valence electrons. The fourth-order valence-electron chi connectivity index (χ4n) is 3.23. The van der Waals surface area contributed by atoms with Crippen LogP contribution in [0.3, 0.4) is 0 Å². The third kappa shape index (κ3) is 3.35. The fraction of sp³-hybridized carbons (Fsp3) is 0.667. The van der Waals surface area contributed by atoms with Crippen LogP contribution in [0, 0.1) is 0 Å². The summed E-state index contributed by atoms with van der Waals surface area (Å²) in [5, 5.41) is 19.5. The Hall–Kier alpha value is -1.02. The molecule has 0 radical (unpaired) electrons. The Morgan fingerprint density at radius 2 is 1.83 bits per heavy atom. The number of aliphatic hydroxyl groups excluding tert-OH is 2. The number of unbranched alkanes of at least 4 members (excludes halogenated alkanes) is 2. The average Bonchev–Trinajstić information content (AvgIpc) is 3.16. The largest absolute Gasteiger partial charge is 0.393 e. The standard InChI is InChI=1S/C18H26O6/c1-2-3-7-10-21-15-14-17(24-18(15,11-19)12-20)23-16(22-14)13-8-5-4-6-9-13/h4-6,8-9,14-17,19-20H,2-3,7,10-12H2,1H3/t14-,15+,16?,17+/m1/s1. The first-order valence-corrected chi connectivity index (χ1v) is 8.61. The molecule has 0 aromatic heterocycles. The van der Waals surface area contributed by atoms with Crippen LogP contribution >= 0.6 is 0 Å². The second kappa shape index (κ2) is 7.91. The minimum Gasteiger partial charge on any atom is -0.393 e. The third-order valence-electron chi connectivity index (χ3n) is 4.63. The van der Waals surface area contributed by atoms with Crippen LogP contribution in [0.25, 0.3) is 0 Å². The van der Waals surface area contributed by atoms with Gasteiger partial charge in [-0.1, -0.05) is 50.1 Å². The molecule has 6 heteroatoms. The number of benzene rings is 1. The van der Waals surface area contributed by atoms with Gasteiger partial charge in [-0.3, -0.25) is 0 Å². The zero-order chi connectivity index (χ0) is 17.0. The maximum atomic E-state index is 9.75. The lowest BCUT2D eigenvalue weighted by Crippen LogP contribution is -2.51. The molecule has 4 atom stereocenters. The van der Waals surface area contributed by atoms with Crippen molar-refractivity contribution in [2.75, 3.05) is 19.8 Å².